The van der Waals surface area contributed by atoms with Crippen LogP contribution in [-0.4, -0.2) is 10.1 Å². The molecule has 0 amide bonds. The third kappa shape index (κ3) is 2.77. The molecule has 0 unspecified atom stereocenters. The lowest BCUT2D eigenvalue weighted by atomic mass is 10.2. The molecule has 0 saturated carbocycles. The first kappa shape index (κ1) is 14.0. The third-order valence-electron chi connectivity index (χ3n) is 2.84. The van der Waals surface area contributed by atoms with Crippen LogP contribution in [0.5, 0.6) is 0 Å². The first-order chi connectivity index (χ1) is 10.0. The van der Waals surface area contributed by atoms with E-state index in [1.807, 2.05) is 0 Å². The summed E-state index contributed by atoms with van der Waals surface area (Å²) in [6, 6.07) is 9.29. The minimum atomic E-state index is -0.423. The molecule has 0 spiro atoms. The van der Waals surface area contributed by atoms with Gasteiger partial charge in [0.1, 0.15) is 5.82 Å². The van der Waals surface area contributed by atoms with E-state index in [4.69, 9.17) is 21.9 Å². The van der Waals surface area contributed by atoms with Crippen LogP contribution in [0.4, 0.5) is 10.1 Å². The molecule has 3 aromatic rings. The number of rotatable bonds is 2. The monoisotopic (exact) mass is 367 g/mol. The predicted octanol–water partition coefficient (Wildman–Crippen LogP) is 4.54. The van der Waals surface area contributed by atoms with Gasteiger partial charge >= 0.3 is 0 Å². The van der Waals surface area contributed by atoms with Gasteiger partial charge in [0.05, 0.1) is 5.02 Å². The van der Waals surface area contributed by atoms with E-state index in [-0.39, 0.29) is 10.8 Å². The van der Waals surface area contributed by atoms with Gasteiger partial charge < -0.3 is 10.3 Å². The van der Waals surface area contributed by atoms with Gasteiger partial charge in [-0.15, -0.1) is 0 Å². The van der Waals surface area contributed by atoms with Crippen LogP contribution in [-0.2, 0) is 0 Å². The summed E-state index contributed by atoms with van der Waals surface area (Å²) in [6.07, 6.45) is 0. The number of halogens is 3. The van der Waals surface area contributed by atoms with Crippen molar-refractivity contribution in [1.29, 1.82) is 0 Å². The maximum Gasteiger partial charge on any atom is 0.258 e. The Balaban J connectivity index is 2.01. The molecule has 0 radical (unpaired) electrons. The van der Waals surface area contributed by atoms with Crippen LogP contribution in [0.1, 0.15) is 0 Å². The zero-order valence-electron chi connectivity index (χ0n) is 10.5. The highest BCUT2D eigenvalue weighted by Gasteiger charge is 2.14. The summed E-state index contributed by atoms with van der Waals surface area (Å²) in [7, 11) is 0. The number of nitrogens with two attached hydrogens (primary N) is 1. The van der Waals surface area contributed by atoms with Crippen molar-refractivity contribution in [2.75, 3.05) is 5.73 Å². The molecule has 2 aromatic carbocycles. The highest BCUT2D eigenvalue weighted by Crippen LogP contribution is 2.30. The van der Waals surface area contributed by atoms with Gasteiger partial charge in [0, 0.05) is 21.3 Å². The second-order valence-electron chi connectivity index (χ2n) is 4.28. The molecular weight excluding hydrogens is 361 g/mol. The van der Waals surface area contributed by atoms with Gasteiger partial charge in [-0.3, -0.25) is 0 Å². The van der Waals surface area contributed by atoms with E-state index in [9.17, 15) is 4.39 Å². The van der Waals surface area contributed by atoms with Crippen LogP contribution < -0.4 is 5.73 Å². The summed E-state index contributed by atoms with van der Waals surface area (Å²) in [5.41, 5.74) is 7.57. The molecule has 7 heteroatoms. The van der Waals surface area contributed by atoms with Crippen LogP contribution in [0.3, 0.4) is 0 Å². The molecule has 0 aliphatic carbocycles. The summed E-state index contributed by atoms with van der Waals surface area (Å²) in [6.45, 7) is 0. The number of hydrogen-bond donors (Lipinski definition) is 1. The zero-order valence-corrected chi connectivity index (χ0v) is 12.8. The molecular formula is C14H8BrClFN3O. The molecule has 0 saturated heterocycles. The van der Waals surface area contributed by atoms with Crippen molar-refractivity contribution < 1.29 is 8.91 Å². The second kappa shape index (κ2) is 5.46. The van der Waals surface area contributed by atoms with Gasteiger partial charge in [-0.1, -0.05) is 16.8 Å². The predicted molar refractivity (Wildman–Crippen MR) is 82.3 cm³/mol. The van der Waals surface area contributed by atoms with E-state index in [0.29, 0.717) is 22.7 Å². The lowest BCUT2D eigenvalue weighted by Gasteiger charge is -1.99. The number of anilines is 1. The Kier molecular flexibility index (Phi) is 3.65. The second-order valence-corrected chi connectivity index (χ2v) is 5.55. The van der Waals surface area contributed by atoms with E-state index in [1.165, 1.54) is 18.2 Å². The van der Waals surface area contributed by atoms with Gasteiger partial charge in [-0.2, -0.15) is 4.98 Å². The number of aromatic nitrogens is 2. The Labute approximate surface area is 132 Å². The quantitative estimate of drug-likeness (QED) is 0.674. The van der Waals surface area contributed by atoms with Crippen LogP contribution in [0, 0.1) is 5.82 Å². The summed E-state index contributed by atoms with van der Waals surface area (Å²) in [5.74, 6) is 0.175. The molecule has 0 fully saturated rings. The number of benzene rings is 2. The van der Waals surface area contributed by atoms with Gasteiger partial charge in [0.2, 0.25) is 5.82 Å². The highest BCUT2D eigenvalue weighted by atomic mass is 79.9. The van der Waals surface area contributed by atoms with Gasteiger partial charge in [0.25, 0.3) is 5.89 Å². The minimum absolute atomic E-state index is 0.220. The molecule has 1 heterocycles. The summed E-state index contributed by atoms with van der Waals surface area (Å²) >= 11 is 9.29. The molecule has 0 aliphatic heterocycles. The van der Waals surface area contributed by atoms with E-state index in [1.54, 1.807) is 18.2 Å². The Morgan fingerprint density at radius 1 is 1.19 bits per heavy atom. The van der Waals surface area contributed by atoms with E-state index in [2.05, 4.69) is 26.1 Å². The SMILES string of the molecule is Nc1cc(-c2nc(-c3ccc(F)cc3Cl)no2)ccc1Br. The number of hydrogen-bond acceptors (Lipinski definition) is 4. The first-order valence-corrected chi connectivity index (χ1v) is 7.06. The van der Waals surface area contributed by atoms with Crippen LogP contribution >= 0.6 is 27.5 Å². The Morgan fingerprint density at radius 2 is 2.00 bits per heavy atom. The lowest BCUT2D eigenvalue weighted by molar-refractivity contribution is 0.432. The van der Waals surface area contributed by atoms with E-state index in [0.717, 1.165) is 4.47 Å². The average Bonchev–Trinajstić information content (AvgIpc) is 2.91. The van der Waals surface area contributed by atoms with Crippen molar-refractivity contribution in [3.63, 3.8) is 0 Å². The van der Waals surface area contributed by atoms with Crippen LogP contribution in [0.15, 0.2) is 45.4 Å². The normalized spacial score (nSPS) is 10.8. The van der Waals surface area contributed by atoms with E-state index < -0.39 is 5.82 Å². The summed E-state index contributed by atoms with van der Waals surface area (Å²) < 4.78 is 19.0. The van der Waals surface area contributed by atoms with Crippen LogP contribution in [0.25, 0.3) is 22.8 Å². The molecule has 106 valence electrons. The first-order valence-electron chi connectivity index (χ1n) is 5.89. The van der Waals surface area contributed by atoms with Crippen LogP contribution in [0.2, 0.25) is 5.02 Å². The zero-order chi connectivity index (χ0) is 15.0. The van der Waals surface area contributed by atoms with Gasteiger partial charge in [-0.25, -0.2) is 4.39 Å². The summed E-state index contributed by atoms with van der Waals surface area (Å²) in [5, 5.41) is 4.08. The fourth-order valence-corrected chi connectivity index (χ4v) is 2.30. The van der Waals surface area contributed by atoms with Crippen molar-refractivity contribution in [2.24, 2.45) is 0 Å². The molecule has 21 heavy (non-hydrogen) atoms. The van der Waals surface area contributed by atoms with Crippen molar-refractivity contribution in [2.45, 2.75) is 0 Å². The minimum Gasteiger partial charge on any atom is -0.398 e. The van der Waals surface area contributed by atoms with Crippen molar-refractivity contribution in [1.82, 2.24) is 10.1 Å². The Bertz CT molecular complexity index is 822. The molecule has 0 bridgehead atoms. The fraction of sp³-hybridized carbons (Fsp3) is 0. The number of nitrogens with zero attached hydrogens (tertiary/aromatic N) is 2. The van der Waals surface area contributed by atoms with E-state index >= 15 is 0 Å². The summed E-state index contributed by atoms with van der Waals surface area (Å²) in [4.78, 5) is 4.26. The fourth-order valence-electron chi connectivity index (χ4n) is 1.80. The van der Waals surface area contributed by atoms with Crippen molar-refractivity contribution in [3.8, 4) is 22.8 Å². The molecule has 0 atom stereocenters. The third-order valence-corrected chi connectivity index (χ3v) is 3.88. The largest absolute Gasteiger partial charge is 0.398 e. The maximum absolute atomic E-state index is 13.0. The van der Waals surface area contributed by atoms with Crippen molar-refractivity contribution >= 4 is 33.2 Å². The molecule has 0 aliphatic rings. The highest BCUT2D eigenvalue weighted by molar-refractivity contribution is 9.10. The number of nitrogen functional groups attached to an aromatic ring is 1. The average molecular weight is 369 g/mol. The maximum atomic E-state index is 13.0. The lowest BCUT2D eigenvalue weighted by Crippen LogP contribution is -1.88. The smallest absolute Gasteiger partial charge is 0.258 e. The van der Waals surface area contributed by atoms with Crippen molar-refractivity contribution in [3.05, 3.63) is 51.7 Å². The molecule has 3 rings (SSSR count). The molecule has 4 nitrogen and oxygen atoms in total. The Morgan fingerprint density at radius 3 is 2.71 bits per heavy atom. The topological polar surface area (TPSA) is 64.9 Å². The van der Waals surface area contributed by atoms with Gasteiger partial charge in [-0.05, 0) is 52.3 Å². The van der Waals surface area contributed by atoms with Gasteiger partial charge in [0.15, 0.2) is 0 Å². The Hall–Kier alpha value is -1.92. The molecule has 1 aromatic heterocycles. The molecule has 2 N–H and O–H groups in total. The standard InChI is InChI=1S/C14H8BrClFN3O/c15-10-4-1-7(5-12(10)18)14-19-13(20-21-14)9-3-2-8(17)6-11(9)16/h1-6H,18H2.